The van der Waals surface area contributed by atoms with Crippen LogP contribution in [0.15, 0.2) is 36.5 Å². The monoisotopic (exact) mass is 326 g/mol. The standard InChI is InChI=1S/C17H18N4O3/c1-20-11-16(23)21(17(20)24)8-4-7-15(22)19-13-9-12-5-2-3-6-14(12)18-10-13/h2-3,5-6,9-10H,4,7-8,11H2,1H3,(H,19,22). The zero-order valence-corrected chi connectivity index (χ0v) is 13.4. The number of para-hydroxylation sites is 1. The van der Waals surface area contributed by atoms with Crippen molar-refractivity contribution in [2.24, 2.45) is 0 Å². The van der Waals surface area contributed by atoms with Gasteiger partial charge in [-0.1, -0.05) is 18.2 Å². The number of carbonyl (C=O) groups is 3. The highest BCUT2D eigenvalue weighted by Gasteiger charge is 2.32. The highest BCUT2D eigenvalue weighted by atomic mass is 16.2. The summed E-state index contributed by atoms with van der Waals surface area (Å²) in [6, 6.07) is 9.21. The highest BCUT2D eigenvalue weighted by Crippen LogP contribution is 2.16. The molecule has 0 bridgehead atoms. The number of carbonyl (C=O) groups excluding carboxylic acids is 3. The molecule has 0 aliphatic carbocycles. The number of imide groups is 1. The number of urea groups is 1. The zero-order chi connectivity index (χ0) is 17.1. The summed E-state index contributed by atoms with van der Waals surface area (Å²) in [6.45, 7) is 0.360. The van der Waals surface area contributed by atoms with E-state index < -0.39 is 0 Å². The molecule has 1 fully saturated rings. The maximum Gasteiger partial charge on any atom is 0.326 e. The summed E-state index contributed by atoms with van der Waals surface area (Å²) in [4.78, 5) is 42.2. The van der Waals surface area contributed by atoms with Gasteiger partial charge < -0.3 is 10.2 Å². The lowest BCUT2D eigenvalue weighted by Crippen LogP contribution is -2.32. The van der Waals surface area contributed by atoms with Crippen LogP contribution in [0.1, 0.15) is 12.8 Å². The van der Waals surface area contributed by atoms with Gasteiger partial charge in [0.05, 0.1) is 17.4 Å². The van der Waals surface area contributed by atoms with Gasteiger partial charge in [-0.2, -0.15) is 0 Å². The van der Waals surface area contributed by atoms with Gasteiger partial charge in [-0.05, 0) is 18.6 Å². The van der Waals surface area contributed by atoms with Gasteiger partial charge in [0.15, 0.2) is 0 Å². The van der Waals surface area contributed by atoms with Crippen LogP contribution in [-0.4, -0.2) is 52.8 Å². The van der Waals surface area contributed by atoms with E-state index in [9.17, 15) is 14.4 Å². The molecular weight excluding hydrogens is 308 g/mol. The highest BCUT2D eigenvalue weighted by molar-refractivity contribution is 6.01. The Morgan fingerprint density at radius 2 is 2.08 bits per heavy atom. The third-order valence-electron chi connectivity index (χ3n) is 3.89. The molecule has 1 aromatic heterocycles. The van der Waals surface area contributed by atoms with Gasteiger partial charge >= 0.3 is 6.03 Å². The molecule has 1 N–H and O–H groups in total. The summed E-state index contributed by atoms with van der Waals surface area (Å²) in [5.74, 6) is -0.388. The van der Waals surface area contributed by atoms with E-state index in [-0.39, 0.29) is 37.4 Å². The maximum atomic E-state index is 12.0. The van der Waals surface area contributed by atoms with Crippen molar-refractivity contribution in [1.29, 1.82) is 0 Å². The van der Waals surface area contributed by atoms with Crippen LogP contribution in [0.2, 0.25) is 0 Å². The number of benzene rings is 1. The van der Waals surface area contributed by atoms with Crippen LogP contribution in [0, 0.1) is 0 Å². The average Bonchev–Trinajstić information content (AvgIpc) is 2.81. The van der Waals surface area contributed by atoms with Gasteiger partial charge in [-0.3, -0.25) is 19.5 Å². The number of aromatic nitrogens is 1. The van der Waals surface area contributed by atoms with Gasteiger partial charge in [0.1, 0.15) is 6.54 Å². The molecule has 0 spiro atoms. The summed E-state index contributed by atoms with van der Waals surface area (Å²) < 4.78 is 0. The molecule has 1 saturated heterocycles. The molecule has 4 amide bonds. The van der Waals surface area contributed by atoms with Crippen molar-refractivity contribution in [3.8, 4) is 0 Å². The third kappa shape index (κ3) is 3.34. The fourth-order valence-corrected chi connectivity index (χ4v) is 2.65. The molecule has 3 rings (SSSR count). The van der Waals surface area contributed by atoms with Crippen LogP contribution in [0.25, 0.3) is 10.9 Å². The van der Waals surface area contributed by atoms with Crippen molar-refractivity contribution in [3.05, 3.63) is 36.5 Å². The van der Waals surface area contributed by atoms with Gasteiger partial charge in [0.25, 0.3) is 0 Å². The van der Waals surface area contributed by atoms with Gasteiger partial charge in [0, 0.05) is 25.4 Å². The largest absolute Gasteiger partial charge is 0.326 e. The van der Waals surface area contributed by atoms with E-state index in [2.05, 4.69) is 10.3 Å². The van der Waals surface area contributed by atoms with Crippen LogP contribution in [-0.2, 0) is 9.59 Å². The minimum absolute atomic E-state index is 0.105. The summed E-state index contributed by atoms with van der Waals surface area (Å²) in [7, 11) is 1.58. The predicted molar refractivity (Wildman–Crippen MR) is 89.3 cm³/mol. The molecule has 0 saturated carbocycles. The van der Waals surface area contributed by atoms with Crippen LogP contribution in [0.4, 0.5) is 10.5 Å². The van der Waals surface area contributed by atoms with Crippen molar-refractivity contribution >= 4 is 34.4 Å². The summed E-state index contributed by atoms with van der Waals surface area (Å²) in [5, 5.41) is 3.74. The Morgan fingerprint density at radius 1 is 1.29 bits per heavy atom. The van der Waals surface area contributed by atoms with Crippen LogP contribution >= 0.6 is 0 Å². The number of anilines is 1. The SMILES string of the molecule is CN1CC(=O)N(CCCC(=O)Nc2cnc3ccccc3c2)C1=O. The Bertz CT molecular complexity index is 805. The van der Waals surface area contributed by atoms with E-state index in [1.807, 2.05) is 30.3 Å². The molecule has 2 aromatic rings. The van der Waals surface area contributed by atoms with Crippen molar-refractivity contribution in [2.75, 3.05) is 25.5 Å². The average molecular weight is 326 g/mol. The molecule has 2 heterocycles. The first kappa shape index (κ1) is 15.9. The number of hydrogen-bond donors (Lipinski definition) is 1. The lowest BCUT2D eigenvalue weighted by molar-refractivity contribution is -0.125. The molecule has 1 aromatic carbocycles. The second-order valence-corrected chi connectivity index (χ2v) is 5.75. The Labute approximate surface area is 139 Å². The molecule has 7 nitrogen and oxygen atoms in total. The topological polar surface area (TPSA) is 82.6 Å². The fourth-order valence-electron chi connectivity index (χ4n) is 2.65. The van der Waals surface area contributed by atoms with Crippen molar-refractivity contribution in [2.45, 2.75) is 12.8 Å². The second kappa shape index (κ2) is 6.66. The quantitative estimate of drug-likeness (QED) is 0.850. The number of nitrogens with zero attached hydrogens (tertiary/aromatic N) is 3. The van der Waals surface area contributed by atoms with Crippen LogP contribution in [0.5, 0.6) is 0 Å². The molecule has 1 aliphatic heterocycles. The number of pyridine rings is 1. The minimum Gasteiger partial charge on any atom is -0.325 e. The van der Waals surface area contributed by atoms with Gasteiger partial charge in [0.2, 0.25) is 11.8 Å². The molecule has 1 aliphatic rings. The fraction of sp³-hybridized carbons (Fsp3) is 0.294. The number of rotatable bonds is 5. The summed E-state index contributed by atoms with van der Waals surface area (Å²) in [5.41, 5.74) is 1.50. The first-order valence-electron chi connectivity index (χ1n) is 7.75. The van der Waals surface area contributed by atoms with E-state index >= 15 is 0 Å². The van der Waals surface area contributed by atoms with Gasteiger partial charge in [-0.25, -0.2) is 4.79 Å². The molecule has 0 radical (unpaired) electrons. The van der Waals surface area contributed by atoms with E-state index in [0.717, 1.165) is 10.9 Å². The molecule has 124 valence electrons. The van der Waals surface area contributed by atoms with Crippen molar-refractivity contribution in [1.82, 2.24) is 14.8 Å². The maximum absolute atomic E-state index is 12.0. The Balaban J connectivity index is 1.52. The van der Waals surface area contributed by atoms with E-state index in [1.165, 1.54) is 9.80 Å². The molecular formula is C17H18N4O3. The molecule has 7 heteroatoms. The lowest BCUT2D eigenvalue weighted by Gasteiger charge is -2.13. The Kier molecular flexibility index (Phi) is 4.41. The summed E-state index contributed by atoms with van der Waals surface area (Å²) >= 11 is 0. The number of fused-ring (bicyclic) bond motifs is 1. The smallest absolute Gasteiger partial charge is 0.325 e. The summed E-state index contributed by atoms with van der Waals surface area (Å²) in [6.07, 6.45) is 2.27. The predicted octanol–water partition coefficient (Wildman–Crippen LogP) is 1.85. The first-order valence-corrected chi connectivity index (χ1v) is 7.75. The minimum atomic E-state index is -0.306. The Morgan fingerprint density at radius 3 is 2.83 bits per heavy atom. The van der Waals surface area contributed by atoms with Crippen molar-refractivity contribution in [3.63, 3.8) is 0 Å². The molecule has 0 atom stereocenters. The van der Waals surface area contributed by atoms with Crippen molar-refractivity contribution < 1.29 is 14.4 Å². The van der Waals surface area contributed by atoms with E-state index in [0.29, 0.717) is 12.1 Å². The molecule has 0 unspecified atom stereocenters. The van der Waals surface area contributed by atoms with Gasteiger partial charge in [-0.15, -0.1) is 0 Å². The number of amides is 4. The Hall–Kier alpha value is -2.96. The number of likely N-dealkylation sites (N-methyl/N-ethyl adjacent to an activating group) is 1. The molecule has 24 heavy (non-hydrogen) atoms. The van der Waals surface area contributed by atoms with E-state index in [1.54, 1.807) is 13.2 Å². The van der Waals surface area contributed by atoms with Crippen LogP contribution < -0.4 is 5.32 Å². The number of hydrogen-bond acceptors (Lipinski definition) is 4. The first-order chi connectivity index (χ1) is 11.5. The van der Waals surface area contributed by atoms with Crippen LogP contribution in [0.3, 0.4) is 0 Å². The lowest BCUT2D eigenvalue weighted by atomic mass is 10.2. The normalized spacial score (nSPS) is 14.5. The number of nitrogens with one attached hydrogen (secondary N) is 1. The second-order valence-electron chi connectivity index (χ2n) is 5.75. The van der Waals surface area contributed by atoms with E-state index in [4.69, 9.17) is 0 Å². The third-order valence-corrected chi connectivity index (χ3v) is 3.89. The zero-order valence-electron chi connectivity index (χ0n) is 13.4.